The van der Waals surface area contributed by atoms with Gasteiger partial charge in [-0.3, -0.25) is 19.8 Å². The molecule has 0 saturated heterocycles. The van der Waals surface area contributed by atoms with Crippen LogP contribution < -0.4 is 4.90 Å². The molecule has 0 atom stereocenters. The summed E-state index contributed by atoms with van der Waals surface area (Å²) in [6, 6.07) is 10.3. The average Bonchev–Trinajstić information content (AvgIpc) is 3.48. The van der Waals surface area contributed by atoms with E-state index in [1.165, 1.54) is 29.5 Å². The number of nitro benzene ring substituents is 1. The SMILES string of the molecule is Cc1ccc2sc(N(CCCn3ccnc3)C(=O)/C=C/c3cccc([N+](=O)[O-])c3)nc2c1C. The number of amides is 1. The maximum Gasteiger partial charge on any atom is 0.270 e. The van der Waals surface area contributed by atoms with E-state index in [1.807, 2.05) is 30.7 Å². The molecule has 8 nitrogen and oxygen atoms in total. The van der Waals surface area contributed by atoms with Crippen LogP contribution in [0.15, 0.2) is 61.2 Å². The van der Waals surface area contributed by atoms with Gasteiger partial charge in [-0.25, -0.2) is 9.97 Å². The number of imidazole rings is 1. The summed E-state index contributed by atoms with van der Waals surface area (Å²) in [6.45, 7) is 5.29. The maximum atomic E-state index is 13.2. The summed E-state index contributed by atoms with van der Waals surface area (Å²) >= 11 is 1.48. The van der Waals surface area contributed by atoms with Crippen molar-refractivity contribution in [3.8, 4) is 0 Å². The molecule has 0 bridgehead atoms. The molecular weight excluding hydrogens is 438 g/mol. The predicted octanol–water partition coefficient (Wildman–Crippen LogP) is 5.15. The number of nitrogens with zero attached hydrogens (tertiary/aromatic N) is 5. The second kappa shape index (κ2) is 9.74. The number of aromatic nitrogens is 3. The number of hydrogen-bond donors (Lipinski definition) is 0. The molecule has 0 saturated carbocycles. The van der Waals surface area contributed by atoms with Crippen LogP contribution in [0.5, 0.6) is 0 Å². The lowest BCUT2D eigenvalue weighted by molar-refractivity contribution is -0.384. The molecule has 4 rings (SSSR count). The maximum absolute atomic E-state index is 13.2. The van der Waals surface area contributed by atoms with Gasteiger partial charge in [-0.05, 0) is 49.1 Å². The highest BCUT2D eigenvalue weighted by molar-refractivity contribution is 7.22. The van der Waals surface area contributed by atoms with Crippen molar-refractivity contribution < 1.29 is 9.72 Å². The number of nitro groups is 1. The number of fused-ring (bicyclic) bond motifs is 1. The normalized spacial score (nSPS) is 11.3. The largest absolute Gasteiger partial charge is 0.337 e. The molecule has 33 heavy (non-hydrogen) atoms. The average molecular weight is 462 g/mol. The summed E-state index contributed by atoms with van der Waals surface area (Å²) < 4.78 is 3.00. The van der Waals surface area contributed by atoms with Gasteiger partial charge in [0.15, 0.2) is 5.13 Å². The van der Waals surface area contributed by atoms with Crippen molar-refractivity contribution in [3.05, 3.63) is 88.0 Å². The first-order valence-electron chi connectivity index (χ1n) is 10.5. The lowest BCUT2D eigenvalue weighted by atomic mass is 10.1. The molecule has 0 fully saturated rings. The van der Waals surface area contributed by atoms with Gasteiger partial charge in [-0.2, -0.15) is 0 Å². The van der Waals surface area contributed by atoms with E-state index in [1.54, 1.807) is 35.6 Å². The van der Waals surface area contributed by atoms with Gasteiger partial charge in [0.1, 0.15) is 0 Å². The highest BCUT2D eigenvalue weighted by Crippen LogP contribution is 2.32. The molecule has 0 aliphatic heterocycles. The number of anilines is 1. The van der Waals surface area contributed by atoms with Gasteiger partial charge in [0.2, 0.25) is 0 Å². The van der Waals surface area contributed by atoms with Crippen LogP contribution in [0.25, 0.3) is 16.3 Å². The Balaban J connectivity index is 1.60. The molecule has 0 aliphatic carbocycles. The monoisotopic (exact) mass is 461 g/mol. The molecule has 0 unspecified atom stereocenters. The molecule has 0 radical (unpaired) electrons. The topological polar surface area (TPSA) is 94.2 Å². The number of thiazole rings is 1. The van der Waals surface area contributed by atoms with E-state index in [0.717, 1.165) is 34.3 Å². The Hall–Kier alpha value is -3.85. The van der Waals surface area contributed by atoms with Crippen LogP contribution in [0.4, 0.5) is 10.8 Å². The Kier molecular flexibility index (Phi) is 6.60. The minimum Gasteiger partial charge on any atom is -0.337 e. The number of carbonyl (C=O) groups excluding carboxylic acids is 1. The van der Waals surface area contributed by atoms with Crippen molar-refractivity contribution in [2.24, 2.45) is 0 Å². The van der Waals surface area contributed by atoms with Crippen LogP contribution >= 0.6 is 11.3 Å². The van der Waals surface area contributed by atoms with Crippen LogP contribution in [-0.2, 0) is 11.3 Å². The molecule has 2 heterocycles. The number of non-ortho nitro benzene ring substituents is 1. The number of rotatable bonds is 8. The Labute approximate surface area is 195 Å². The fourth-order valence-electron chi connectivity index (χ4n) is 3.46. The van der Waals surface area contributed by atoms with E-state index in [9.17, 15) is 14.9 Å². The van der Waals surface area contributed by atoms with Crippen molar-refractivity contribution in [2.75, 3.05) is 11.4 Å². The summed E-state index contributed by atoms with van der Waals surface area (Å²) in [6.07, 6.45) is 9.13. The molecule has 0 aliphatic rings. The molecule has 0 N–H and O–H groups in total. The zero-order valence-corrected chi connectivity index (χ0v) is 19.2. The third-order valence-electron chi connectivity index (χ3n) is 5.43. The van der Waals surface area contributed by atoms with Crippen LogP contribution in [0.2, 0.25) is 0 Å². The molecule has 2 aromatic carbocycles. The summed E-state index contributed by atoms with van der Waals surface area (Å²) in [4.78, 5) is 34.3. The minimum absolute atomic E-state index is 0.0150. The summed E-state index contributed by atoms with van der Waals surface area (Å²) in [5, 5.41) is 11.7. The fourth-order valence-corrected chi connectivity index (χ4v) is 4.52. The second-order valence-electron chi connectivity index (χ2n) is 7.68. The first kappa shape index (κ1) is 22.3. The Bertz CT molecular complexity index is 1330. The van der Waals surface area contributed by atoms with Crippen molar-refractivity contribution in [1.82, 2.24) is 14.5 Å². The molecular formula is C24H23N5O3S. The zero-order chi connectivity index (χ0) is 23.4. The van der Waals surface area contributed by atoms with Crippen molar-refractivity contribution in [2.45, 2.75) is 26.8 Å². The third kappa shape index (κ3) is 5.15. The van der Waals surface area contributed by atoms with E-state index in [0.29, 0.717) is 17.2 Å². The van der Waals surface area contributed by atoms with E-state index in [-0.39, 0.29) is 11.6 Å². The summed E-state index contributed by atoms with van der Waals surface area (Å²) in [5.41, 5.74) is 3.74. The molecule has 4 aromatic rings. The molecule has 1 amide bonds. The van der Waals surface area contributed by atoms with Gasteiger partial charge in [0.05, 0.1) is 21.5 Å². The van der Waals surface area contributed by atoms with Crippen LogP contribution in [0.1, 0.15) is 23.1 Å². The van der Waals surface area contributed by atoms with Crippen molar-refractivity contribution in [1.29, 1.82) is 0 Å². The van der Waals surface area contributed by atoms with Crippen LogP contribution in [0, 0.1) is 24.0 Å². The number of hydrogen-bond acceptors (Lipinski definition) is 6. The lowest BCUT2D eigenvalue weighted by Crippen LogP contribution is -2.30. The fraction of sp³-hybridized carbons (Fsp3) is 0.208. The lowest BCUT2D eigenvalue weighted by Gasteiger charge is -2.18. The predicted molar refractivity (Wildman–Crippen MR) is 130 cm³/mol. The number of aryl methyl sites for hydroxylation is 3. The van der Waals surface area contributed by atoms with Crippen LogP contribution in [-0.4, -0.2) is 31.9 Å². The van der Waals surface area contributed by atoms with E-state index in [2.05, 4.69) is 11.1 Å². The molecule has 168 valence electrons. The molecule has 2 aromatic heterocycles. The number of carbonyl (C=O) groups is 1. The van der Waals surface area contributed by atoms with Gasteiger partial charge in [-0.1, -0.05) is 29.5 Å². The quantitative estimate of drug-likeness (QED) is 0.205. The van der Waals surface area contributed by atoms with E-state index < -0.39 is 4.92 Å². The standard InChI is InChI=1S/C24H23N5O3S/c1-17-7-9-21-23(18(17)2)26-24(33-21)28(13-4-12-27-14-11-25-16-27)22(30)10-8-19-5-3-6-20(15-19)29(31)32/h3,5-11,14-16H,4,12-13H2,1-2H3/b10-8+. The molecule has 0 spiro atoms. The zero-order valence-electron chi connectivity index (χ0n) is 18.3. The highest BCUT2D eigenvalue weighted by atomic mass is 32.1. The van der Waals surface area contributed by atoms with E-state index in [4.69, 9.17) is 4.98 Å². The third-order valence-corrected chi connectivity index (χ3v) is 6.47. The smallest absolute Gasteiger partial charge is 0.270 e. The van der Waals surface area contributed by atoms with Gasteiger partial charge >= 0.3 is 0 Å². The first-order valence-corrected chi connectivity index (χ1v) is 11.3. The molecule has 9 heteroatoms. The van der Waals surface area contributed by atoms with Gasteiger partial charge in [0.25, 0.3) is 11.6 Å². The van der Waals surface area contributed by atoms with Gasteiger partial charge in [0, 0.05) is 43.7 Å². The van der Waals surface area contributed by atoms with Gasteiger partial charge < -0.3 is 4.57 Å². The number of benzene rings is 2. The Morgan fingerprint density at radius 2 is 2.12 bits per heavy atom. The van der Waals surface area contributed by atoms with E-state index >= 15 is 0 Å². The second-order valence-corrected chi connectivity index (χ2v) is 8.69. The Morgan fingerprint density at radius 1 is 1.27 bits per heavy atom. The summed E-state index contributed by atoms with van der Waals surface area (Å²) in [5.74, 6) is -0.222. The summed E-state index contributed by atoms with van der Waals surface area (Å²) in [7, 11) is 0. The van der Waals surface area contributed by atoms with Gasteiger partial charge in [-0.15, -0.1) is 0 Å². The minimum atomic E-state index is -0.451. The Morgan fingerprint density at radius 3 is 2.88 bits per heavy atom. The van der Waals surface area contributed by atoms with Crippen molar-refractivity contribution >= 4 is 44.4 Å². The first-order chi connectivity index (χ1) is 15.9. The van der Waals surface area contributed by atoms with Crippen molar-refractivity contribution in [3.63, 3.8) is 0 Å². The highest BCUT2D eigenvalue weighted by Gasteiger charge is 2.19. The van der Waals surface area contributed by atoms with Crippen LogP contribution in [0.3, 0.4) is 0 Å².